The SMILES string of the molecule is CCC(=O)OCOC(=O)C1=C(COC)CS[C@H]2C(NC(=O)C(=NOC)C(=O)COS(=O)(=O)c3ccccc3)C(=O)N12. The number of ether oxygens (including phenoxy) is 3. The minimum atomic E-state index is -4.31. The second kappa shape index (κ2) is 14.2. The molecule has 2 heterocycles. The number of fused-ring (bicyclic) bond motifs is 1. The number of carbonyl (C=O) groups excluding carboxylic acids is 5. The van der Waals surface area contributed by atoms with Gasteiger partial charge in [0.25, 0.3) is 21.9 Å². The molecular formula is C24H27N3O12S2. The summed E-state index contributed by atoms with van der Waals surface area (Å²) in [5.74, 6) is -4.24. The summed E-state index contributed by atoms with van der Waals surface area (Å²) in [6.45, 7) is -0.145. The molecular weight excluding hydrogens is 586 g/mol. The van der Waals surface area contributed by atoms with Crippen LogP contribution in [-0.2, 0) is 57.3 Å². The van der Waals surface area contributed by atoms with E-state index in [2.05, 4.69) is 15.3 Å². The van der Waals surface area contributed by atoms with Crippen molar-refractivity contribution in [3.8, 4) is 0 Å². The van der Waals surface area contributed by atoms with Crippen molar-refractivity contribution in [1.82, 2.24) is 10.2 Å². The van der Waals surface area contributed by atoms with Gasteiger partial charge in [0.15, 0.2) is 0 Å². The molecule has 0 aliphatic carbocycles. The van der Waals surface area contributed by atoms with Crippen LogP contribution in [0.4, 0.5) is 0 Å². The lowest BCUT2D eigenvalue weighted by atomic mass is 10.0. The molecule has 0 saturated carbocycles. The summed E-state index contributed by atoms with van der Waals surface area (Å²) in [5, 5.41) is 4.99. The van der Waals surface area contributed by atoms with Gasteiger partial charge in [-0.15, -0.1) is 11.8 Å². The van der Waals surface area contributed by atoms with Gasteiger partial charge in [0.1, 0.15) is 30.8 Å². The van der Waals surface area contributed by atoms with Gasteiger partial charge in [0.05, 0.1) is 11.5 Å². The van der Waals surface area contributed by atoms with E-state index < -0.39 is 70.2 Å². The van der Waals surface area contributed by atoms with Crippen molar-refractivity contribution in [2.75, 3.05) is 40.0 Å². The number of amides is 2. The van der Waals surface area contributed by atoms with E-state index in [0.717, 1.165) is 12.0 Å². The van der Waals surface area contributed by atoms with Crippen LogP contribution in [-0.4, -0.2) is 100.0 Å². The zero-order valence-corrected chi connectivity index (χ0v) is 23.8. The Labute approximate surface area is 239 Å². The van der Waals surface area contributed by atoms with Crippen LogP contribution in [0.5, 0.6) is 0 Å². The fourth-order valence-corrected chi connectivity index (χ4v) is 5.87. The number of carbonyl (C=O) groups is 5. The van der Waals surface area contributed by atoms with E-state index in [4.69, 9.17) is 18.4 Å². The summed E-state index contributed by atoms with van der Waals surface area (Å²) in [7, 11) is -1.84. The normalized spacial score (nSPS) is 18.7. The Bertz CT molecular complexity index is 1360. The largest absolute Gasteiger partial charge is 0.428 e. The molecule has 41 heavy (non-hydrogen) atoms. The van der Waals surface area contributed by atoms with Gasteiger partial charge in [-0.05, 0) is 17.7 Å². The number of nitrogens with zero attached hydrogens (tertiary/aromatic N) is 2. The lowest BCUT2D eigenvalue weighted by Crippen LogP contribution is -2.71. The van der Waals surface area contributed by atoms with Crippen molar-refractivity contribution >= 4 is 57.1 Å². The van der Waals surface area contributed by atoms with E-state index in [1.807, 2.05) is 0 Å². The first-order chi connectivity index (χ1) is 19.5. The first kappa shape index (κ1) is 31.7. The van der Waals surface area contributed by atoms with Crippen LogP contribution in [0.25, 0.3) is 0 Å². The maximum absolute atomic E-state index is 13.1. The number of oxime groups is 1. The molecule has 1 fully saturated rings. The second-order valence-electron chi connectivity index (χ2n) is 8.24. The maximum atomic E-state index is 13.1. The van der Waals surface area contributed by atoms with E-state index in [1.165, 1.54) is 43.1 Å². The number of hydrogen-bond acceptors (Lipinski definition) is 14. The fraction of sp³-hybridized carbons (Fsp3) is 0.417. The summed E-state index contributed by atoms with van der Waals surface area (Å²) in [6, 6.07) is 5.87. The molecule has 2 amide bonds. The summed E-state index contributed by atoms with van der Waals surface area (Å²) >= 11 is 1.21. The van der Waals surface area contributed by atoms with Gasteiger partial charge in [0.2, 0.25) is 18.3 Å². The Kier molecular flexibility index (Phi) is 11.0. The van der Waals surface area contributed by atoms with Crippen LogP contribution in [0.15, 0.2) is 51.7 Å². The zero-order chi connectivity index (χ0) is 30.2. The molecule has 3 rings (SSSR count). The second-order valence-corrected chi connectivity index (χ2v) is 11.0. The number of β-lactam (4-membered cyclic amide) rings is 1. The first-order valence-electron chi connectivity index (χ1n) is 11.9. The van der Waals surface area contributed by atoms with E-state index in [-0.39, 0.29) is 29.4 Å². The molecule has 0 radical (unpaired) electrons. The van der Waals surface area contributed by atoms with Crippen LogP contribution in [0.3, 0.4) is 0 Å². The van der Waals surface area contributed by atoms with Crippen LogP contribution in [0, 0.1) is 0 Å². The van der Waals surface area contributed by atoms with Gasteiger partial charge in [0, 0.05) is 19.3 Å². The molecule has 2 aliphatic rings. The monoisotopic (exact) mass is 613 g/mol. The van der Waals surface area contributed by atoms with Crippen LogP contribution in [0.2, 0.25) is 0 Å². The molecule has 1 unspecified atom stereocenters. The highest BCUT2D eigenvalue weighted by Crippen LogP contribution is 2.40. The summed E-state index contributed by atoms with van der Waals surface area (Å²) in [6.07, 6.45) is 0.0751. The Balaban J connectivity index is 1.69. The fourth-order valence-electron chi connectivity index (χ4n) is 3.65. The highest BCUT2D eigenvalue weighted by Gasteiger charge is 2.55. The van der Waals surface area contributed by atoms with Crippen LogP contribution >= 0.6 is 11.8 Å². The Morgan fingerprint density at radius 1 is 1.12 bits per heavy atom. The molecule has 2 atom stereocenters. The molecule has 0 spiro atoms. The quantitative estimate of drug-likeness (QED) is 0.0548. The molecule has 0 bridgehead atoms. The van der Waals surface area contributed by atoms with E-state index in [1.54, 1.807) is 13.0 Å². The number of esters is 2. The third-order valence-electron chi connectivity index (χ3n) is 5.58. The Morgan fingerprint density at radius 3 is 2.46 bits per heavy atom. The van der Waals surface area contributed by atoms with Gasteiger partial charge < -0.3 is 24.4 Å². The number of benzene rings is 1. The molecule has 17 heteroatoms. The first-order valence-corrected chi connectivity index (χ1v) is 14.4. The van der Waals surface area contributed by atoms with Crippen molar-refractivity contribution in [2.24, 2.45) is 5.16 Å². The van der Waals surface area contributed by atoms with E-state index >= 15 is 0 Å². The molecule has 222 valence electrons. The van der Waals surface area contributed by atoms with Gasteiger partial charge in [-0.25, -0.2) is 4.79 Å². The van der Waals surface area contributed by atoms with Crippen molar-refractivity contribution in [1.29, 1.82) is 0 Å². The third-order valence-corrected chi connectivity index (χ3v) is 8.20. The summed E-state index contributed by atoms with van der Waals surface area (Å²) in [5.41, 5.74) is -0.511. The highest BCUT2D eigenvalue weighted by molar-refractivity contribution is 8.00. The number of thioether (sulfide) groups is 1. The molecule has 15 nitrogen and oxygen atoms in total. The van der Waals surface area contributed by atoms with Gasteiger partial charge in [-0.2, -0.15) is 8.42 Å². The number of hydrogen-bond donors (Lipinski definition) is 1. The molecule has 1 saturated heterocycles. The average Bonchev–Trinajstić information content (AvgIpc) is 2.97. The van der Waals surface area contributed by atoms with E-state index in [9.17, 15) is 32.4 Å². The van der Waals surface area contributed by atoms with Gasteiger partial charge in [-0.1, -0.05) is 30.3 Å². The summed E-state index contributed by atoms with van der Waals surface area (Å²) in [4.78, 5) is 68.2. The lowest BCUT2D eigenvalue weighted by molar-refractivity contribution is -0.167. The molecule has 1 aromatic rings. The van der Waals surface area contributed by atoms with Crippen LogP contribution in [0.1, 0.15) is 13.3 Å². The zero-order valence-electron chi connectivity index (χ0n) is 22.2. The molecule has 1 N–H and O–H groups in total. The highest BCUT2D eigenvalue weighted by atomic mass is 32.2. The third kappa shape index (κ3) is 7.49. The smallest absolute Gasteiger partial charge is 0.358 e. The number of rotatable bonds is 14. The predicted octanol–water partition coefficient (Wildman–Crippen LogP) is -0.282. The number of methoxy groups -OCH3 is 1. The number of Topliss-reactive ketones (excluding diaryl/α,β-unsaturated/α-hetero) is 1. The minimum Gasteiger partial charge on any atom is -0.428 e. The molecule has 2 aliphatic heterocycles. The number of ketones is 1. The average molecular weight is 614 g/mol. The molecule has 0 aromatic heterocycles. The van der Waals surface area contributed by atoms with Crippen molar-refractivity contribution in [3.63, 3.8) is 0 Å². The predicted molar refractivity (Wildman–Crippen MR) is 140 cm³/mol. The van der Waals surface area contributed by atoms with Gasteiger partial charge >= 0.3 is 11.9 Å². The van der Waals surface area contributed by atoms with Crippen molar-refractivity contribution in [2.45, 2.75) is 29.7 Å². The lowest BCUT2D eigenvalue weighted by Gasteiger charge is -2.49. The van der Waals surface area contributed by atoms with E-state index in [0.29, 0.717) is 5.57 Å². The van der Waals surface area contributed by atoms with Crippen molar-refractivity contribution in [3.05, 3.63) is 41.6 Å². The maximum Gasteiger partial charge on any atom is 0.358 e. The summed E-state index contributed by atoms with van der Waals surface area (Å²) < 4.78 is 44.3. The Hall–Kier alpha value is -3.80. The standard InChI is InChI=1S/C24H27N3O12S2/c1-4-17(29)37-13-38-24(32)20-14(10-35-2)12-40-23-19(22(31)27(20)23)25-21(30)18(26-36-3)16(28)11-39-41(33,34)15-8-6-5-7-9-15/h5-9,19,23H,4,10-13H2,1-3H3,(H,25,30)/t19?,23-/m0/s1. The van der Waals surface area contributed by atoms with Gasteiger partial charge in [-0.3, -0.25) is 28.3 Å². The number of nitrogens with one attached hydrogen (secondary N) is 1. The topological polar surface area (TPSA) is 193 Å². The Morgan fingerprint density at radius 2 is 1.83 bits per heavy atom. The minimum absolute atomic E-state index is 0.00471. The molecule has 1 aromatic carbocycles. The van der Waals surface area contributed by atoms with Crippen LogP contribution < -0.4 is 5.32 Å². The van der Waals surface area contributed by atoms with Crippen molar-refractivity contribution < 1.29 is 55.6 Å².